The summed E-state index contributed by atoms with van der Waals surface area (Å²) in [6.45, 7) is 4.01. The first-order chi connectivity index (χ1) is 21.1. The second-order valence-electron chi connectivity index (χ2n) is 9.63. The Morgan fingerprint density at radius 1 is 1.00 bits per heavy atom. The molecular weight excluding hydrogens is 614 g/mol. The first kappa shape index (κ1) is 30.8. The monoisotopic (exact) mass is 637 g/mol. The number of hydrogen-bond donors (Lipinski definition) is 0. The van der Waals surface area contributed by atoms with Gasteiger partial charge in [-0.25, -0.2) is 4.98 Å². The zero-order valence-corrected chi connectivity index (χ0v) is 24.7. The van der Waals surface area contributed by atoms with Crippen LogP contribution in [0.1, 0.15) is 22.3 Å². The van der Waals surface area contributed by atoms with Crippen LogP contribution in [0, 0.1) is 0 Å². The minimum absolute atomic E-state index is 0.0455. The Hall–Kier alpha value is -4.60. The summed E-state index contributed by atoms with van der Waals surface area (Å²) in [5.41, 5.74) is 1.05. The van der Waals surface area contributed by atoms with Gasteiger partial charge in [0.1, 0.15) is 6.61 Å². The Balaban J connectivity index is 1.58. The number of hydrogen-bond acceptors (Lipinski definition) is 5. The first-order valence-corrected chi connectivity index (χ1v) is 14.0. The van der Waals surface area contributed by atoms with Crippen molar-refractivity contribution in [3.63, 3.8) is 0 Å². The molecule has 0 atom stereocenters. The molecule has 0 aliphatic heterocycles. The smallest absolute Gasteiger partial charge is 0.416 e. The SMILES string of the molecule is C=CCc1cc(C=Nn2c(-c3cccc(C(F)(F)F)c3)nc3ccccc3c2=O)cc(OC)c1OCc1ccc(Cl)c(Cl)c1. The maximum atomic E-state index is 13.5. The molecule has 0 fully saturated rings. The molecule has 0 spiro atoms. The number of methoxy groups -OCH3 is 1. The standard InChI is InChI=1S/C33H24Cl2F3N3O3/c1-3-7-22-14-21(16-29(43-2)30(22)44-19-20-12-13-26(34)27(35)15-20)18-39-41-31(23-8-6-9-24(17-23)33(36,37)38)40-28-11-5-4-10-25(28)32(41)42/h3-6,8-18H,1,7,19H2,2H3. The highest BCUT2D eigenvalue weighted by atomic mass is 35.5. The number of ether oxygens (including phenoxy) is 2. The van der Waals surface area contributed by atoms with E-state index < -0.39 is 17.3 Å². The molecule has 1 aromatic heterocycles. The highest BCUT2D eigenvalue weighted by Gasteiger charge is 2.31. The second kappa shape index (κ2) is 13.0. The molecule has 6 nitrogen and oxygen atoms in total. The van der Waals surface area contributed by atoms with E-state index in [1.165, 1.54) is 25.5 Å². The number of allylic oxidation sites excluding steroid dienone is 1. The van der Waals surface area contributed by atoms with Crippen molar-refractivity contribution in [2.24, 2.45) is 5.10 Å². The lowest BCUT2D eigenvalue weighted by Crippen LogP contribution is -2.20. The van der Waals surface area contributed by atoms with E-state index in [0.29, 0.717) is 39.0 Å². The molecule has 1 heterocycles. The summed E-state index contributed by atoms with van der Waals surface area (Å²) in [7, 11) is 1.49. The van der Waals surface area contributed by atoms with Gasteiger partial charge in [-0.15, -0.1) is 6.58 Å². The fraction of sp³-hybridized carbons (Fsp3) is 0.121. The van der Waals surface area contributed by atoms with E-state index in [0.717, 1.165) is 27.9 Å². The summed E-state index contributed by atoms with van der Waals surface area (Å²) in [5.74, 6) is 0.827. The Labute approximate surface area is 260 Å². The van der Waals surface area contributed by atoms with Crippen molar-refractivity contribution >= 4 is 40.3 Å². The molecule has 4 aromatic carbocycles. The molecule has 5 aromatic rings. The quantitative estimate of drug-likeness (QED) is 0.120. The van der Waals surface area contributed by atoms with Gasteiger partial charge in [-0.2, -0.15) is 22.9 Å². The van der Waals surface area contributed by atoms with Gasteiger partial charge in [-0.1, -0.05) is 59.6 Å². The third-order valence-electron chi connectivity index (χ3n) is 6.63. The van der Waals surface area contributed by atoms with Crippen LogP contribution in [0.3, 0.4) is 0 Å². The maximum Gasteiger partial charge on any atom is 0.416 e. The predicted molar refractivity (Wildman–Crippen MR) is 167 cm³/mol. The van der Waals surface area contributed by atoms with Crippen LogP contribution in [0.2, 0.25) is 10.0 Å². The van der Waals surface area contributed by atoms with Gasteiger partial charge in [0.25, 0.3) is 5.56 Å². The summed E-state index contributed by atoms with van der Waals surface area (Å²) >= 11 is 12.2. The largest absolute Gasteiger partial charge is 0.493 e. The topological polar surface area (TPSA) is 65.7 Å². The first-order valence-electron chi connectivity index (χ1n) is 13.2. The lowest BCUT2D eigenvalue weighted by Gasteiger charge is -2.16. The van der Waals surface area contributed by atoms with Crippen LogP contribution >= 0.6 is 23.2 Å². The van der Waals surface area contributed by atoms with Gasteiger partial charge in [0.15, 0.2) is 17.3 Å². The number of nitrogens with zero attached hydrogens (tertiary/aromatic N) is 3. The maximum absolute atomic E-state index is 13.5. The number of aromatic nitrogens is 2. The minimum atomic E-state index is -4.58. The zero-order valence-electron chi connectivity index (χ0n) is 23.2. The van der Waals surface area contributed by atoms with Crippen molar-refractivity contribution in [2.75, 3.05) is 7.11 Å². The van der Waals surface area contributed by atoms with Crippen LogP contribution in [0.4, 0.5) is 13.2 Å². The van der Waals surface area contributed by atoms with Gasteiger partial charge < -0.3 is 9.47 Å². The number of benzene rings is 4. The average molecular weight is 638 g/mol. The minimum Gasteiger partial charge on any atom is -0.493 e. The van der Waals surface area contributed by atoms with Crippen LogP contribution in [0.15, 0.2) is 101 Å². The lowest BCUT2D eigenvalue weighted by atomic mass is 10.1. The fourth-order valence-corrected chi connectivity index (χ4v) is 4.86. The summed E-state index contributed by atoms with van der Waals surface area (Å²) in [5, 5.41) is 5.49. The van der Waals surface area contributed by atoms with E-state index in [4.69, 9.17) is 32.7 Å². The normalized spacial score (nSPS) is 11.7. The van der Waals surface area contributed by atoms with Gasteiger partial charge in [0.2, 0.25) is 0 Å². The Kier molecular flexibility index (Phi) is 9.08. The summed E-state index contributed by atoms with van der Waals surface area (Å²) < 4.78 is 53.3. The Morgan fingerprint density at radius 3 is 2.52 bits per heavy atom. The van der Waals surface area contributed by atoms with Gasteiger partial charge in [-0.3, -0.25) is 4.79 Å². The van der Waals surface area contributed by atoms with E-state index in [1.54, 1.807) is 60.7 Å². The molecule has 0 N–H and O–H groups in total. The predicted octanol–water partition coefficient (Wildman–Crippen LogP) is 8.59. The highest BCUT2D eigenvalue weighted by molar-refractivity contribution is 6.42. The van der Waals surface area contributed by atoms with Gasteiger partial charge >= 0.3 is 6.18 Å². The molecular formula is C33H24Cl2F3N3O3. The molecule has 0 saturated heterocycles. The van der Waals surface area contributed by atoms with Crippen molar-refractivity contribution < 1.29 is 22.6 Å². The van der Waals surface area contributed by atoms with E-state index >= 15 is 0 Å². The molecule has 44 heavy (non-hydrogen) atoms. The van der Waals surface area contributed by atoms with Crippen LogP contribution in [-0.4, -0.2) is 23.0 Å². The second-order valence-corrected chi connectivity index (χ2v) is 10.4. The van der Waals surface area contributed by atoms with Crippen LogP contribution in [0.5, 0.6) is 11.5 Å². The molecule has 0 bridgehead atoms. The van der Waals surface area contributed by atoms with Crippen LogP contribution < -0.4 is 15.0 Å². The van der Waals surface area contributed by atoms with Gasteiger partial charge in [-0.05, 0) is 66.1 Å². The molecule has 0 radical (unpaired) electrons. The summed E-state index contributed by atoms with van der Waals surface area (Å²) in [4.78, 5) is 18.1. The van der Waals surface area contributed by atoms with Crippen molar-refractivity contribution in [1.82, 2.24) is 9.66 Å². The zero-order chi connectivity index (χ0) is 31.4. The highest BCUT2D eigenvalue weighted by Crippen LogP contribution is 2.35. The van der Waals surface area contributed by atoms with Crippen LogP contribution in [0.25, 0.3) is 22.3 Å². The molecule has 0 aliphatic carbocycles. The van der Waals surface area contributed by atoms with E-state index in [-0.39, 0.29) is 23.4 Å². The van der Waals surface area contributed by atoms with Crippen molar-refractivity contribution in [1.29, 1.82) is 0 Å². The number of para-hydroxylation sites is 1. The summed E-state index contributed by atoms with van der Waals surface area (Å²) in [6.07, 6.45) is -1.05. The number of fused-ring (bicyclic) bond motifs is 1. The van der Waals surface area contributed by atoms with E-state index in [1.807, 2.05) is 0 Å². The molecule has 0 saturated carbocycles. The van der Waals surface area contributed by atoms with Crippen molar-refractivity contribution in [3.05, 3.63) is 134 Å². The lowest BCUT2D eigenvalue weighted by molar-refractivity contribution is -0.137. The number of alkyl halides is 3. The molecule has 11 heteroatoms. The van der Waals surface area contributed by atoms with E-state index in [2.05, 4.69) is 16.7 Å². The molecule has 224 valence electrons. The third kappa shape index (κ3) is 6.64. The van der Waals surface area contributed by atoms with Gasteiger partial charge in [0, 0.05) is 11.1 Å². The van der Waals surface area contributed by atoms with Gasteiger partial charge in [0.05, 0.1) is 39.8 Å². The average Bonchev–Trinajstić information content (AvgIpc) is 3.01. The third-order valence-corrected chi connectivity index (χ3v) is 7.37. The van der Waals surface area contributed by atoms with Crippen LogP contribution in [-0.2, 0) is 19.2 Å². The molecule has 0 aliphatic rings. The van der Waals surface area contributed by atoms with Crippen molar-refractivity contribution in [3.8, 4) is 22.9 Å². The molecule has 5 rings (SSSR count). The Bertz CT molecular complexity index is 1960. The van der Waals surface area contributed by atoms with Crippen molar-refractivity contribution in [2.45, 2.75) is 19.2 Å². The fourth-order valence-electron chi connectivity index (χ4n) is 4.54. The molecule has 0 unspecified atom stereocenters. The number of rotatable bonds is 9. The van der Waals surface area contributed by atoms with E-state index in [9.17, 15) is 18.0 Å². The number of halogens is 5. The Morgan fingerprint density at radius 2 is 1.80 bits per heavy atom. The summed E-state index contributed by atoms with van der Waals surface area (Å²) in [6, 6.07) is 19.8. The molecule has 0 amide bonds.